The third-order valence-corrected chi connectivity index (χ3v) is 5.73. The van der Waals surface area contributed by atoms with Crippen molar-refractivity contribution in [1.29, 1.82) is 0 Å². The summed E-state index contributed by atoms with van der Waals surface area (Å²) in [6, 6.07) is 23.4. The van der Waals surface area contributed by atoms with Crippen molar-refractivity contribution in [2.75, 3.05) is 5.32 Å². The second-order valence-electron chi connectivity index (χ2n) is 7.35. The van der Waals surface area contributed by atoms with E-state index in [-0.39, 0.29) is 18.0 Å². The van der Waals surface area contributed by atoms with Crippen molar-refractivity contribution in [1.82, 2.24) is 10.3 Å². The van der Waals surface area contributed by atoms with E-state index >= 15 is 0 Å². The van der Waals surface area contributed by atoms with Crippen LogP contribution in [0.2, 0.25) is 5.02 Å². The lowest BCUT2D eigenvalue weighted by Crippen LogP contribution is -2.41. The topological polar surface area (TPSA) is 56.9 Å². The number of hydrogen-bond acceptors (Lipinski definition) is 2. The van der Waals surface area contributed by atoms with Gasteiger partial charge in [0.25, 0.3) is 0 Å². The minimum atomic E-state index is -0.384. The molecular formula is C24H20ClN3O. The molecule has 1 unspecified atom stereocenters. The normalized spacial score (nSPS) is 18.9. The van der Waals surface area contributed by atoms with Crippen LogP contribution >= 0.6 is 11.6 Å². The second kappa shape index (κ2) is 7.39. The summed E-state index contributed by atoms with van der Waals surface area (Å²) in [6.07, 6.45) is 2.58. The van der Waals surface area contributed by atoms with Crippen LogP contribution in [0.4, 0.5) is 5.69 Å². The molecule has 0 fully saturated rings. The van der Waals surface area contributed by atoms with Crippen molar-refractivity contribution < 1.29 is 4.79 Å². The lowest BCUT2D eigenvalue weighted by Gasteiger charge is -2.23. The Morgan fingerprint density at radius 1 is 0.931 bits per heavy atom. The number of para-hydroxylation sites is 1. The predicted molar refractivity (Wildman–Crippen MR) is 117 cm³/mol. The first-order chi connectivity index (χ1) is 14.2. The van der Waals surface area contributed by atoms with Gasteiger partial charge in [-0.3, -0.25) is 10.1 Å². The van der Waals surface area contributed by atoms with Gasteiger partial charge in [-0.25, -0.2) is 0 Å². The maximum absolute atomic E-state index is 13.1. The van der Waals surface area contributed by atoms with Crippen molar-refractivity contribution in [3.05, 3.63) is 101 Å². The number of amides is 1. The van der Waals surface area contributed by atoms with Crippen molar-refractivity contribution >= 4 is 34.1 Å². The van der Waals surface area contributed by atoms with E-state index in [1.54, 1.807) is 0 Å². The maximum atomic E-state index is 13.1. The third-order valence-electron chi connectivity index (χ3n) is 5.50. The second-order valence-corrected chi connectivity index (χ2v) is 7.78. The predicted octanol–water partition coefficient (Wildman–Crippen LogP) is 5.06. The van der Waals surface area contributed by atoms with Gasteiger partial charge in [0.05, 0.1) is 12.1 Å². The van der Waals surface area contributed by atoms with Gasteiger partial charge in [0.15, 0.2) is 0 Å². The first-order valence-corrected chi connectivity index (χ1v) is 10.0. The zero-order valence-corrected chi connectivity index (χ0v) is 16.4. The number of nitrogens with one attached hydrogen (secondary N) is 3. The SMILES string of the molecule is O=C1Nc2ccc(Cl)cc2C(c2ccccc2)N[C@@H]1Cc1c[nH]c2ccccc12. The van der Waals surface area contributed by atoms with Crippen molar-refractivity contribution in [2.45, 2.75) is 18.5 Å². The highest BCUT2D eigenvalue weighted by Crippen LogP contribution is 2.34. The lowest BCUT2D eigenvalue weighted by molar-refractivity contribution is -0.118. The van der Waals surface area contributed by atoms with E-state index in [1.807, 2.05) is 60.8 Å². The van der Waals surface area contributed by atoms with Crippen LogP contribution in [-0.2, 0) is 11.2 Å². The molecule has 0 saturated carbocycles. The molecule has 4 aromatic rings. The molecule has 3 aromatic carbocycles. The smallest absolute Gasteiger partial charge is 0.241 e. The van der Waals surface area contributed by atoms with Crippen LogP contribution in [0.25, 0.3) is 10.9 Å². The number of halogens is 1. The molecule has 5 rings (SSSR count). The van der Waals surface area contributed by atoms with Gasteiger partial charge in [-0.1, -0.05) is 60.1 Å². The fraction of sp³-hybridized carbons (Fsp3) is 0.125. The Morgan fingerprint density at radius 2 is 1.72 bits per heavy atom. The monoisotopic (exact) mass is 401 g/mol. The molecule has 0 radical (unpaired) electrons. The highest BCUT2D eigenvalue weighted by atomic mass is 35.5. The number of benzene rings is 3. The lowest BCUT2D eigenvalue weighted by atomic mass is 9.96. The van der Waals surface area contributed by atoms with Crippen LogP contribution in [-0.4, -0.2) is 16.9 Å². The van der Waals surface area contributed by atoms with Crippen LogP contribution in [0.3, 0.4) is 0 Å². The van der Waals surface area contributed by atoms with Gasteiger partial charge in [0.2, 0.25) is 5.91 Å². The van der Waals surface area contributed by atoms with Crippen LogP contribution < -0.4 is 10.6 Å². The summed E-state index contributed by atoms with van der Waals surface area (Å²) in [5.74, 6) is -0.0442. The van der Waals surface area contributed by atoms with Gasteiger partial charge in [-0.15, -0.1) is 0 Å². The van der Waals surface area contributed by atoms with Crippen molar-refractivity contribution in [3.8, 4) is 0 Å². The van der Waals surface area contributed by atoms with E-state index in [2.05, 4.69) is 33.8 Å². The summed E-state index contributed by atoms with van der Waals surface area (Å²) in [4.78, 5) is 16.4. The Labute approximate surface area is 173 Å². The van der Waals surface area contributed by atoms with E-state index < -0.39 is 0 Å². The fourth-order valence-corrected chi connectivity index (χ4v) is 4.25. The molecule has 2 heterocycles. The number of rotatable bonds is 3. The largest absolute Gasteiger partial charge is 0.361 e. The summed E-state index contributed by atoms with van der Waals surface area (Å²) >= 11 is 6.29. The Hall–Kier alpha value is -3.08. The van der Waals surface area contributed by atoms with Gasteiger partial charge in [-0.05, 0) is 47.4 Å². The number of aromatic nitrogens is 1. The Bertz CT molecular complexity index is 1190. The van der Waals surface area contributed by atoms with Crippen molar-refractivity contribution in [3.63, 3.8) is 0 Å². The Morgan fingerprint density at radius 3 is 2.59 bits per heavy atom. The molecule has 0 spiro atoms. The number of anilines is 1. The molecule has 0 aliphatic carbocycles. The van der Waals surface area contributed by atoms with Crippen LogP contribution in [0.5, 0.6) is 0 Å². The third kappa shape index (κ3) is 3.41. The van der Waals surface area contributed by atoms with Gasteiger partial charge in [-0.2, -0.15) is 0 Å². The first kappa shape index (κ1) is 18.0. The average molecular weight is 402 g/mol. The summed E-state index contributed by atoms with van der Waals surface area (Å²) < 4.78 is 0. The molecule has 4 nitrogen and oxygen atoms in total. The Balaban J connectivity index is 1.55. The molecule has 0 bridgehead atoms. The summed E-state index contributed by atoms with van der Waals surface area (Å²) in [5.41, 5.74) is 5.05. The molecular weight excluding hydrogens is 382 g/mol. The van der Waals surface area contributed by atoms with Crippen LogP contribution in [0.1, 0.15) is 22.7 Å². The molecule has 29 heavy (non-hydrogen) atoms. The van der Waals surface area contributed by atoms with Gasteiger partial charge < -0.3 is 10.3 Å². The van der Waals surface area contributed by atoms with E-state index in [0.717, 1.165) is 33.3 Å². The molecule has 3 N–H and O–H groups in total. The van der Waals surface area contributed by atoms with Crippen molar-refractivity contribution in [2.24, 2.45) is 0 Å². The molecule has 1 amide bonds. The van der Waals surface area contributed by atoms with E-state index in [4.69, 9.17) is 11.6 Å². The van der Waals surface area contributed by atoms with Crippen LogP contribution in [0.15, 0.2) is 79.0 Å². The quantitative estimate of drug-likeness (QED) is 0.449. The van der Waals surface area contributed by atoms with Gasteiger partial charge in [0, 0.05) is 27.8 Å². The molecule has 2 atom stereocenters. The van der Waals surface area contributed by atoms with Gasteiger partial charge >= 0.3 is 0 Å². The Kier molecular flexibility index (Phi) is 4.58. The molecule has 1 aromatic heterocycles. The number of fused-ring (bicyclic) bond motifs is 2. The van der Waals surface area contributed by atoms with Gasteiger partial charge in [0.1, 0.15) is 0 Å². The highest BCUT2D eigenvalue weighted by molar-refractivity contribution is 6.30. The number of carbonyl (C=O) groups excluding carboxylic acids is 1. The summed E-state index contributed by atoms with van der Waals surface area (Å²) in [5, 5.41) is 8.46. The molecule has 0 saturated heterocycles. The fourth-order valence-electron chi connectivity index (χ4n) is 4.07. The molecule has 5 heteroatoms. The van der Waals surface area contributed by atoms with E-state index in [0.29, 0.717) is 11.4 Å². The number of hydrogen-bond donors (Lipinski definition) is 3. The average Bonchev–Trinajstić information content (AvgIpc) is 3.10. The highest BCUT2D eigenvalue weighted by Gasteiger charge is 2.30. The zero-order valence-electron chi connectivity index (χ0n) is 15.7. The number of aromatic amines is 1. The zero-order chi connectivity index (χ0) is 19.8. The number of carbonyl (C=O) groups is 1. The van der Waals surface area contributed by atoms with Crippen LogP contribution in [0, 0.1) is 0 Å². The summed E-state index contributed by atoms with van der Waals surface area (Å²) in [6.45, 7) is 0. The molecule has 1 aliphatic heterocycles. The maximum Gasteiger partial charge on any atom is 0.241 e. The first-order valence-electron chi connectivity index (χ1n) is 9.65. The minimum Gasteiger partial charge on any atom is -0.361 e. The van der Waals surface area contributed by atoms with E-state index in [1.165, 1.54) is 0 Å². The molecule has 144 valence electrons. The van der Waals surface area contributed by atoms with E-state index in [9.17, 15) is 4.79 Å². The minimum absolute atomic E-state index is 0.0442. The summed E-state index contributed by atoms with van der Waals surface area (Å²) in [7, 11) is 0. The molecule has 1 aliphatic rings. The number of H-pyrrole nitrogens is 1. The standard InChI is InChI=1S/C24H20ClN3O/c25-17-10-11-21-19(13-17)23(15-6-2-1-3-7-15)27-22(24(29)28-21)12-16-14-26-20-9-5-4-8-18(16)20/h1-11,13-14,22-23,26-27H,12H2,(H,28,29)/t22-,23?/m1/s1.